The van der Waals surface area contributed by atoms with Crippen LogP contribution in [0.2, 0.25) is 0 Å². The maximum absolute atomic E-state index is 12.8. The molecule has 0 spiro atoms. The summed E-state index contributed by atoms with van der Waals surface area (Å²) in [7, 11) is -3.42. The first-order chi connectivity index (χ1) is 16.6. The van der Waals surface area contributed by atoms with Crippen molar-refractivity contribution in [3.8, 4) is 0 Å². The molecule has 184 valence electrons. The van der Waals surface area contributed by atoms with Gasteiger partial charge in [0.15, 0.2) is 4.90 Å². The van der Waals surface area contributed by atoms with Crippen LogP contribution in [-0.4, -0.2) is 56.1 Å². The van der Waals surface area contributed by atoms with Gasteiger partial charge in [-0.2, -0.15) is 0 Å². The van der Waals surface area contributed by atoms with Crippen molar-refractivity contribution < 1.29 is 35.1 Å². The number of hydrogen-bond acceptors (Lipinski definition) is 8. The number of nitrogens with zero attached hydrogens (tertiary/aromatic N) is 2. The molecule has 0 heterocycles. The van der Waals surface area contributed by atoms with Crippen LogP contribution in [0.5, 0.6) is 0 Å². The monoisotopic (exact) mass is 495 g/mol. The van der Waals surface area contributed by atoms with Crippen LogP contribution < -0.4 is 4.72 Å². The Kier molecular flexibility index (Phi) is 7.70. The van der Waals surface area contributed by atoms with Gasteiger partial charge < -0.3 is 14.4 Å². The van der Waals surface area contributed by atoms with Crippen LogP contribution in [0.25, 0.3) is 0 Å². The van der Waals surface area contributed by atoms with Gasteiger partial charge in [-0.15, -0.1) is 0 Å². The molecule has 0 unspecified atom stereocenters. The third kappa shape index (κ3) is 7.52. The molecule has 2 rings (SSSR count). The predicted molar refractivity (Wildman–Crippen MR) is 123 cm³/mol. The van der Waals surface area contributed by atoms with Gasteiger partial charge in [-0.05, 0) is 38.5 Å². The standard InChI is InChI=1S/C22H27N3O8S/c1-22(2,3)33-21(27)24(15-16-8-6-5-7-9-16)13-12-23-34(30,31)19-11-10-17(20(26)32-4)14-18(19)25(28)29/h5-11,14,23H,12-13,15H2,1-4H3/i15D2. The number of rotatable bonds is 9. The number of nitro benzene ring substituents is 1. The van der Waals surface area contributed by atoms with Crippen LogP contribution in [0.1, 0.15) is 39.4 Å². The zero-order valence-electron chi connectivity index (χ0n) is 21.1. The number of esters is 1. The van der Waals surface area contributed by atoms with Crippen molar-refractivity contribution in [2.24, 2.45) is 0 Å². The molecule has 0 aromatic heterocycles. The second-order valence-corrected chi connectivity index (χ2v) is 9.67. The molecule has 0 saturated heterocycles. The van der Waals surface area contributed by atoms with E-state index in [4.69, 9.17) is 7.48 Å². The van der Waals surface area contributed by atoms with E-state index in [2.05, 4.69) is 9.46 Å². The van der Waals surface area contributed by atoms with Crippen molar-refractivity contribution >= 4 is 27.8 Å². The first-order valence-corrected chi connectivity index (χ1v) is 11.5. The summed E-state index contributed by atoms with van der Waals surface area (Å²) in [5.41, 5.74) is -1.89. The lowest BCUT2D eigenvalue weighted by Gasteiger charge is -2.27. The normalized spacial score (nSPS) is 12.8. The van der Waals surface area contributed by atoms with E-state index in [-0.39, 0.29) is 11.1 Å². The number of nitro groups is 1. The number of ether oxygens (including phenoxy) is 2. The van der Waals surface area contributed by atoms with Crippen LogP contribution in [0.15, 0.2) is 53.4 Å². The molecule has 0 aliphatic rings. The maximum Gasteiger partial charge on any atom is 0.410 e. The third-order valence-electron chi connectivity index (χ3n) is 4.15. The van der Waals surface area contributed by atoms with Crippen molar-refractivity contribution in [1.82, 2.24) is 9.62 Å². The van der Waals surface area contributed by atoms with Gasteiger partial charge in [-0.25, -0.2) is 22.7 Å². The van der Waals surface area contributed by atoms with Gasteiger partial charge in [0.1, 0.15) is 5.60 Å². The molecule has 34 heavy (non-hydrogen) atoms. The Morgan fingerprint density at radius 1 is 1.18 bits per heavy atom. The molecule has 2 aromatic rings. The van der Waals surface area contributed by atoms with Crippen molar-refractivity contribution in [2.45, 2.75) is 37.8 Å². The fourth-order valence-electron chi connectivity index (χ4n) is 2.68. The van der Waals surface area contributed by atoms with Crippen LogP contribution in [0.4, 0.5) is 10.5 Å². The average molecular weight is 496 g/mol. The van der Waals surface area contributed by atoms with Crippen LogP contribution in [0.3, 0.4) is 0 Å². The molecule has 0 aliphatic carbocycles. The SMILES string of the molecule is [2H]C([2H])(c1ccccc1)N(CCNS(=O)(=O)c1ccc(C(=O)OC)cc1[N+](=O)[O-])C(=O)OC(C)(C)C. The quantitative estimate of drug-likeness (QED) is 0.317. The molecule has 0 fully saturated rings. The highest BCUT2D eigenvalue weighted by atomic mass is 32.2. The Hall–Kier alpha value is -3.51. The predicted octanol–water partition coefficient (Wildman–Crippen LogP) is 3.10. The number of sulfonamides is 1. The molecule has 0 aliphatic heterocycles. The molecule has 0 bridgehead atoms. The number of carbonyl (C=O) groups is 2. The lowest BCUT2D eigenvalue weighted by molar-refractivity contribution is -0.387. The van der Waals surface area contributed by atoms with Gasteiger partial charge in [-0.1, -0.05) is 30.3 Å². The largest absolute Gasteiger partial charge is 0.465 e. The highest BCUT2D eigenvalue weighted by Gasteiger charge is 2.28. The highest BCUT2D eigenvalue weighted by Crippen LogP contribution is 2.25. The second kappa shape index (κ2) is 11.1. The van der Waals surface area contributed by atoms with E-state index in [1.54, 1.807) is 39.0 Å². The number of benzene rings is 2. The zero-order valence-corrected chi connectivity index (χ0v) is 19.9. The minimum Gasteiger partial charge on any atom is -0.465 e. The summed E-state index contributed by atoms with van der Waals surface area (Å²) in [5, 5.41) is 11.5. The van der Waals surface area contributed by atoms with Gasteiger partial charge in [0.25, 0.3) is 5.69 Å². The number of nitrogens with one attached hydrogen (secondary N) is 1. The zero-order chi connectivity index (χ0) is 27.3. The molecule has 0 saturated carbocycles. The van der Waals surface area contributed by atoms with Gasteiger partial charge in [0.2, 0.25) is 10.0 Å². The van der Waals surface area contributed by atoms with E-state index < -0.39 is 62.8 Å². The minimum absolute atomic E-state index is 0.132. The van der Waals surface area contributed by atoms with E-state index in [0.717, 1.165) is 30.2 Å². The van der Waals surface area contributed by atoms with Crippen molar-refractivity contribution in [3.05, 3.63) is 69.8 Å². The van der Waals surface area contributed by atoms with E-state index in [9.17, 15) is 28.1 Å². The Balaban J connectivity index is 2.33. The summed E-state index contributed by atoms with van der Waals surface area (Å²) in [5.74, 6) is -0.883. The van der Waals surface area contributed by atoms with Crippen molar-refractivity contribution in [3.63, 3.8) is 0 Å². The van der Waals surface area contributed by atoms with E-state index in [0.29, 0.717) is 0 Å². The topological polar surface area (TPSA) is 145 Å². The first kappa shape index (κ1) is 23.6. The number of amides is 1. The molecule has 0 atom stereocenters. The fourth-order valence-corrected chi connectivity index (χ4v) is 3.85. The molecule has 1 amide bonds. The number of carbonyl (C=O) groups excluding carboxylic acids is 2. The smallest absolute Gasteiger partial charge is 0.410 e. The molecular formula is C22H27N3O8S. The minimum atomic E-state index is -4.50. The van der Waals surface area contributed by atoms with Gasteiger partial charge in [0, 0.05) is 25.7 Å². The Labute approximate surface area is 200 Å². The van der Waals surface area contributed by atoms with E-state index >= 15 is 0 Å². The third-order valence-corrected chi connectivity index (χ3v) is 5.65. The van der Waals surface area contributed by atoms with Crippen LogP contribution >= 0.6 is 0 Å². The summed E-state index contributed by atoms with van der Waals surface area (Å²) in [6.45, 7) is 1.46. The molecule has 1 N–H and O–H groups in total. The molecule has 12 heteroatoms. The molecule has 11 nitrogen and oxygen atoms in total. The number of hydrogen-bond donors (Lipinski definition) is 1. The molecular weight excluding hydrogens is 466 g/mol. The van der Waals surface area contributed by atoms with Crippen LogP contribution in [0, 0.1) is 10.1 Å². The maximum atomic E-state index is 12.8. The Morgan fingerprint density at radius 2 is 1.82 bits per heavy atom. The number of methoxy groups -OCH3 is 1. The second-order valence-electron chi connectivity index (χ2n) is 7.94. The Bertz CT molecular complexity index is 1230. The van der Waals surface area contributed by atoms with Gasteiger partial charge in [-0.3, -0.25) is 10.1 Å². The molecule has 0 radical (unpaired) electrons. The fraction of sp³-hybridized carbons (Fsp3) is 0.364. The van der Waals surface area contributed by atoms with Gasteiger partial charge in [0.05, 0.1) is 20.3 Å². The average Bonchev–Trinajstić information content (AvgIpc) is 2.80. The summed E-state index contributed by atoms with van der Waals surface area (Å²) in [4.78, 5) is 35.0. The van der Waals surface area contributed by atoms with Crippen molar-refractivity contribution in [2.75, 3.05) is 20.2 Å². The lowest BCUT2D eigenvalue weighted by atomic mass is 10.2. The van der Waals surface area contributed by atoms with Gasteiger partial charge >= 0.3 is 12.1 Å². The van der Waals surface area contributed by atoms with E-state index in [1.165, 1.54) is 12.1 Å². The van der Waals surface area contributed by atoms with E-state index in [1.807, 2.05) is 0 Å². The first-order valence-electron chi connectivity index (χ1n) is 11.0. The summed E-state index contributed by atoms with van der Waals surface area (Å²) >= 11 is 0. The summed E-state index contributed by atoms with van der Waals surface area (Å²) < 4.78 is 54.7. The lowest BCUT2D eigenvalue weighted by Crippen LogP contribution is -2.41. The molecule has 2 aromatic carbocycles. The van der Waals surface area contributed by atoms with Crippen molar-refractivity contribution in [1.29, 1.82) is 0 Å². The van der Waals surface area contributed by atoms with Crippen LogP contribution in [-0.2, 0) is 26.0 Å². The summed E-state index contributed by atoms with van der Waals surface area (Å²) in [6, 6.07) is 10.5. The summed E-state index contributed by atoms with van der Waals surface area (Å²) in [6.07, 6.45) is -1.02. The Morgan fingerprint density at radius 3 is 2.38 bits per heavy atom. The highest BCUT2D eigenvalue weighted by molar-refractivity contribution is 7.89.